The molecule has 0 aromatic heterocycles. The number of nitrogens with zero attached hydrogens (tertiary/aromatic N) is 1. The monoisotopic (exact) mass is 278 g/mol. The standard InChI is InChI=1S/C14H18N2O4/c1-20-14(19)12-6-11(17)8-16(12)7-9-3-2-4-10(5-9)13(15)18/h2-5,11-12,17H,6-8H2,1H3,(H2,15,18). The molecule has 3 N–H and O–H groups in total. The lowest BCUT2D eigenvalue weighted by molar-refractivity contribution is -0.146. The van der Waals surface area contributed by atoms with Gasteiger partial charge in [0.15, 0.2) is 0 Å². The molecule has 1 aliphatic heterocycles. The van der Waals surface area contributed by atoms with E-state index in [4.69, 9.17) is 10.5 Å². The Morgan fingerprint density at radius 3 is 2.90 bits per heavy atom. The number of likely N-dealkylation sites (tertiary alicyclic amines) is 1. The van der Waals surface area contributed by atoms with Crippen LogP contribution in [0.4, 0.5) is 0 Å². The number of primary amides is 1. The number of rotatable bonds is 4. The van der Waals surface area contributed by atoms with Gasteiger partial charge in [-0.25, -0.2) is 0 Å². The summed E-state index contributed by atoms with van der Waals surface area (Å²) in [6, 6.07) is 6.48. The predicted octanol–water partition coefficient (Wildman–Crippen LogP) is -0.106. The smallest absolute Gasteiger partial charge is 0.323 e. The van der Waals surface area contributed by atoms with Gasteiger partial charge >= 0.3 is 5.97 Å². The van der Waals surface area contributed by atoms with Crippen molar-refractivity contribution in [2.75, 3.05) is 13.7 Å². The molecule has 0 spiro atoms. The Labute approximate surface area is 117 Å². The van der Waals surface area contributed by atoms with Gasteiger partial charge in [0.25, 0.3) is 0 Å². The highest BCUT2D eigenvalue weighted by Gasteiger charge is 2.36. The normalized spacial score (nSPS) is 22.7. The minimum atomic E-state index is -0.543. The molecular formula is C14H18N2O4. The molecule has 20 heavy (non-hydrogen) atoms. The van der Waals surface area contributed by atoms with Crippen molar-refractivity contribution < 1.29 is 19.4 Å². The fraction of sp³-hybridized carbons (Fsp3) is 0.429. The van der Waals surface area contributed by atoms with E-state index in [1.165, 1.54) is 7.11 Å². The number of β-amino-alcohol motifs (C(OH)–C–C–N with tert-alkyl or cyclic N) is 1. The second-order valence-electron chi connectivity index (χ2n) is 4.92. The minimum Gasteiger partial charge on any atom is -0.468 e. The third-order valence-corrected chi connectivity index (χ3v) is 3.45. The van der Waals surface area contributed by atoms with Crippen LogP contribution < -0.4 is 5.73 Å². The van der Waals surface area contributed by atoms with Crippen LogP contribution in [0.25, 0.3) is 0 Å². The van der Waals surface area contributed by atoms with Crippen molar-refractivity contribution in [1.29, 1.82) is 0 Å². The van der Waals surface area contributed by atoms with Gasteiger partial charge in [0.05, 0.1) is 13.2 Å². The Balaban J connectivity index is 2.13. The molecular weight excluding hydrogens is 260 g/mol. The van der Waals surface area contributed by atoms with Crippen molar-refractivity contribution in [3.8, 4) is 0 Å². The SMILES string of the molecule is COC(=O)C1CC(O)CN1Cc1cccc(C(N)=O)c1. The van der Waals surface area contributed by atoms with Crippen LogP contribution in [0, 0.1) is 0 Å². The van der Waals surface area contributed by atoms with Crippen molar-refractivity contribution in [1.82, 2.24) is 4.90 Å². The van der Waals surface area contributed by atoms with E-state index in [0.717, 1.165) is 5.56 Å². The van der Waals surface area contributed by atoms with Gasteiger partial charge in [-0.15, -0.1) is 0 Å². The molecule has 2 atom stereocenters. The molecule has 2 unspecified atom stereocenters. The van der Waals surface area contributed by atoms with E-state index in [-0.39, 0.29) is 5.97 Å². The van der Waals surface area contributed by atoms with Crippen molar-refractivity contribution in [3.05, 3.63) is 35.4 Å². The quantitative estimate of drug-likeness (QED) is 0.750. The topological polar surface area (TPSA) is 92.9 Å². The molecule has 1 aromatic carbocycles. The highest BCUT2D eigenvalue weighted by Crippen LogP contribution is 2.22. The molecule has 2 rings (SSSR count). The number of aliphatic hydroxyl groups is 1. The number of esters is 1. The Kier molecular flexibility index (Phi) is 4.36. The number of methoxy groups -OCH3 is 1. The summed E-state index contributed by atoms with van der Waals surface area (Å²) in [6.07, 6.45) is -0.180. The molecule has 1 heterocycles. The Morgan fingerprint density at radius 2 is 2.25 bits per heavy atom. The van der Waals surface area contributed by atoms with E-state index in [1.807, 2.05) is 11.0 Å². The zero-order valence-corrected chi connectivity index (χ0v) is 11.3. The van der Waals surface area contributed by atoms with E-state index in [1.54, 1.807) is 18.2 Å². The number of benzene rings is 1. The van der Waals surface area contributed by atoms with Crippen LogP contribution in [0.1, 0.15) is 22.3 Å². The molecule has 1 aromatic rings. The molecule has 0 bridgehead atoms. The van der Waals surface area contributed by atoms with Gasteiger partial charge in [-0.2, -0.15) is 0 Å². The van der Waals surface area contributed by atoms with Crippen LogP contribution in [0.3, 0.4) is 0 Å². The maximum Gasteiger partial charge on any atom is 0.323 e. The first kappa shape index (κ1) is 14.5. The summed E-state index contributed by atoms with van der Waals surface area (Å²) in [5.74, 6) is -0.842. The van der Waals surface area contributed by atoms with E-state index in [2.05, 4.69) is 0 Å². The van der Waals surface area contributed by atoms with Crippen LogP contribution in [0.5, 0.6) is 0 Å². The number of carbonyl (C=O) groups excluding carboxylic acids is 2. The molecule has 6 heteroatoms. The maximum atomic E-state index is 11.7. The molecule has 0 saturated carbocycles. The number of hydrogen-bond donors (Lipinski definition) is 2. The zero-order chi connectivity index (χ0) is 14.7. The lowest BCUT2D eigenvalue weighted by atomic mass is 10.1. The van der Waals surface area contributed by atoms with Gasteiger partial charge in [-0.3, -0.25) is 14.5 Å². The Morgan fingerprint density at radius 1 is 1.50 bits per heavy atom. The van der Waals surface area contributed by atoms with Crippen molar-refractivity contribution in [3.63, 3.8) is 0 Å². The van der Waals surface area contributed by atoms with Crippen molar-refractivity contribution >= 4 is 11.9 Å². The second kappa shape index (κ2) is 6.02. The Hall–Kier alpha value is -1.92. The van der Waals surface area contributed by atoms with E-state index in [9.17, 15) is 14.7 Å². The van der Waals surface area contributed by atoms with Crippen LogP contribution >= 0.6 is 0 Å². The zero-order valence-electron chi connectivity index (χ0n) is 11.3. The summed E-state index contributed by atoms with van der Waals surface area (Å²) >= 11 is 0. The van der Waals surface area contributed by atoms with E-state index >= 15 is 0 Å². The Bertz CT molecular complexity index is 518. The molecule has 0 radical (unpaired) electrons. The van der Waals surface area contributed by atoms with Crippen LogP contribution in [-0.2, 0) is 16.1 Å². The number of carbonyl (C=O) groups is 2. The molecule has 6 nitrogen and oxygen atoms in total. The lowest BCUT2D eigenvalue weighted by Gasteiger charge is -2.22. The predicted molar refractivity (Wildman–Crippen MR) is 71.8 cm³/mol. The molecule has 1 amide bonds. The van der Waals surface area contributed by atoms with Crippen LogP contribution in [0.2, 0.25) is 0 Å². The van der Waals surface area contributed by atoms with Crippen molar-refractivity contribution in [2.45, 2.75) is 25.1 Å². The summed E-state index contributed by atoms with van der Waals surface area (Å²) in [5, 5.41) is 9.71. The van der Waals surface area contributed by atoms with Crippen LogP contribution in [0.15, 0.2) is 24.3 Å². The van der Waals surface area contributed by atoms with Gasteiger partial charge in [0.1, 0.15) is 6.04 Å². The lowest BCUT2D eigenvalue weighted by Crippen LogP contribution is -2.36. The maximum absolute atomic E-state index is 11.7. The molecule has 1 aliphatic rings. The largest absolute Gasteiger partial charge is 0.468 e. The second-order valence-corrected chi connectivity index (χ2v) is 4.92. The van der Waals surface area contributed by atoms with Crippen molar-refractivity contribution in [2.24, 2.45) is 5.73 Å². The van der Waals surface area contributed by atoms with Gasteiger partial charge in [-0.05, 0) is 17.7 Å². The third kappa shape index (κ3) is 3.15. The average Bonchev–Trinajstić information content (AvgIpc) is 2.79. The molecule has 1 saturated heterocycles. The fourth-order valence-corrected chi connectivity index (χ4v) is 2.49. The molecule has 108 valence electrons. The van der Waals surface area contributed by atoms with Gasteiger partial charge in [-0.1, -0.05) is 12.1 Å². The van der Waals surface area contributed by atoms with E-state index in [0.29, 0.717) is 25.1 Å². The summed E-state index contributed by atoms with van der Waals surface area (Å²) in [4.78, 5) is 24.7. The summed E-state index contributed by atoms with van der Waals surface area (Å²) < 4.78 is 4.75. The highest BCUT2D eigenvalue weighted by molar-refractivity contribution is 5.92. The fourth-order valence-electron chi connectivity index (χ4n) is 2.49. The number of hydrogen-bond acceptors (Lipinski definition) is 5. The first-order chi connectivity index (χ1) is 9.51. The average molecular weight is 278 g/mol. The first-order valence-corrected chi connectivity index (χ1v) is 6.40. The first-order valence-electron chi connectivity index (χ1n) is 6.40. The number of amides is 1. The van der Waals surface area contributed by atoms with E-state index < -0.39 is 18.1 Å². The van der Waals surface area contributed by atoms with Gasteiger partial charge in [0, 0.05) is 25.1 Å². The third-order valence-electron chi connectivity index (χ3n) is 3.45. The number of ether oxygens (including phenoxy) is 1. The minimum absolute atomic E-state index is 0.354. The summed E-state index contributed by atoms with van der Waals surface area (Å²) in [5.41, 5.74) is 6.54. The van der Waals surface area contributed by atoms with Gasteiger partial charge in [0.2, 0.25) is 5.91 Å². The molecule has 1 fully saturated rings. The number of aliphatic hydroxyl groups excluding tert-OH is 1. The summed E-state index contributed by atoms with van der Waals surface area (Å²) in [6.45, 7) is 0.860. The van der Waals surface area contributed by atoms with Crippen LogP contribution in [-0.4, -0.2) is 47.7 Å². The summed E-state index contributed by atoms with van der Waals surface area (Å²) in [7, 11) is 1.33. The van der Waals surface area contributed by atoms with Gasteiger partial charge < -0.3 is 15.6 Å². The molecule has 0 aliphatic carbocycles. The highest BCUT2D eigenvalue weighted by atomic mass is 16.5. The number of nitrogens with two attached hydrogens (primary N) is 1.